The van der Waals surface area contributed by atoms with Gasteiger partial charge in [-0.15, -0.1) is 0 Å². The summed E-state index contributed by atoms with van der Waals surface area (Å²) in [7, 11) is 0. The lowest BCUT2D eigenvalue weighted by Gasteiger charge is -2.09. The van der Waals surface area contributed by atoms with Crippen LogP contribution < -0.4 is 5.73 Å². The first-order valence-corrected chi connectivity index (χ1v) is 12.7. The summed E-state index contributed by atoms with van der Waals surface area (Å²) in [6.07, 6.45) is 2.46. The number of fused-ring (bicyclic) bond motifs is 2. The first-order valence-electron chi connectivity index (χ1n) is 11.9. The zero-order chi connectivity index (χ0) is 25.1. The highest BCUT2D eigenvalue weighted by Gasteiger charge is 2.47. The molecular formula is C28H21FN6OS. The largest absolute Gasteiger partial charge is 0.383 e. The van der Waals surface area contributed by atoms with Crippen LogP contribution in [0.15, 0.2) is 90.0 Å². The molecule has 3 aromatic heterocycles. The second kappa shape index (κ2) is 8.07. The van der Waals surface area contributed by atoms with Gasteiger partial charge >= 0.3 is 0 Å². The van der Waals surface area contributed by atoms with Crippen molar-refractivity contribution in [1.82, 2.24) is 23.7 Å². The van der Waals surface area contributed by atoms with E-state index < -0.39 is 5.67 Å². The molecular weight excluding hydrogens is 487 g/mol. The maximum Gasteiger partial charge on any atom is 0.215 e. The van der Waals surface area contributed by atoms with Crippen LogP contribution in [0.25, 0.3) is 27.6 Å². The molecule has 7 rings (SSSR count). The van der Waals surface area contributed by atoms with E-state index in [1.807, 2.05) is 76.8 Å². The van der Waals surface area contributed by atoms with Gasteiger partial charge in [0.1, 0.15) is 17.3 Å². The van der Waals surface area contributed by atoms with Crippen molar-refractivity contribution in [2.75, 3.05) is 5.73 Å². The molecule has 0 spiro atoms. The van der Waals surface area contributed by atoms with E-state index in [9.17, 15) is 9.18 Å². The average molecular weight is 509 g/mol. The molecule has 1 saturated carbocycles. The molecule has 0 saturated heterocycles. The third kappa shape index (κ3) is 3.62. The Hall–Kier alpha value is -4.37. The molecule has 0 bridgehead atoms. The van der Waals surface area contributed by atoms with Gasteiger partial charge in [0.15, 0.2) is 5.67 Å². The van der Waals surface area contributed by atoms with Crippen LogP contribution in [0.3, 0.4) is 0 Å². The molecule has 0 radical (unpaired) electrons. The van der Waals surface area contributed by atoms with Crippen LogP contribution in [0, 0.1) is 0 Å². The van der Waals surface area contributed by atoms with E-state index in [1.54, 1.807) is 6.07 Å². The lowest BCUT2D eigenvalue weighted by Crippen LogP contribution is -2.10. The molecule has 37 heavy (non-hydrogen) atoms. The average Bonchev–Trinajstić information content (AvgIpc) is 3.24. The SMILES string of the molecule is Nc1c(C(=O)c2cc3ccccc3n2Sc2ccccc2)cnn1-c1ccc2nc(C3(F)CC3)[nH]c2c1. The lowest BCUT2D eigenvalue weighted by atomic mass is 10.1. The Morgan fingerprint density at radius 2 is 1.81 bits per heavy atom. The number of carbonyl (C=O) groups is 1. The van der Waals surface area contributed by atoms with Crippen LogP contribution in [0.4, 0.5) is 10.2 Å². The van der Waals surface area contributed by atoms with Gasteiger partial charge in [0.25, 0.3) is 0 Å². The van der Waals surface area contributed by atoms with Crippen molar-refractivity contribution in [1.29, 1.82) is 0 Å². The molecule has 9 heteroatoms. The van der Waals surface area contributed by atoms with Crippen LogP contribution in [0.1, 0.15) is 34.7 Å². The summed E-state index contributed by atoms with van der Waals surface area (Å²) < 4.78 is 17.9. The number of anilines is 1. The van der Waals surface area contributed by atoms with Crippen LogP contribution >= 0.6 is 11.9 Å². The molecule has 3 aromatic carbocycles. The van der Waals surface area contributed by atoms with Crippen molar-refractivity contribution in [3.8, 4) is 5.69 Å². The standard InChI is InChI=1S/C28H21FN6OS/c29-28(12-13-28)27-32-21-11-10-18(15-22(21)33-27)34-26(30)20(16-31-34)25(36)24-14-17-6-4-5-9-23(17)35(24)37-19-7-2-1-3-8-19/h1-11,14-16H,12-13,30H2,(H,32,33). The normalized spacial score (nSPS) is 14.4. The molecule has 3 heterocycles. The summed E-state index contributed by atoms with van der Waals surface area (Å²) in [5, 5.41) is 5.38. The fourth-order valence-electron chi connectivity index (χ4n) is 4.54. The number of nitrogens with two attached hydrogens (primary N) is 1. The molecule has 6 aromatic rings. The maximum atomic E-state index is 14.5. The number of benzene rings is 3. The van der Waals surface area contributed by atoms with E-state index in [0.29, 0.717) is 46.6 Å². The van der Waals surface area contributed by atoms with Gasteiger partial charge in [0.2, 0.25) is 5.78 Å². The molecule has 1 aliphatic rings. The lowest BCUT2D eigenvalue weighted by molar-refractivity contribution is 0.103. The zero-order valence-electron chi connectivity index (χ0n) is 19.6. The number of nitrogen functional groups attached to an aromatic ring is 1. The van der Waals surface area contributed by atoms with Crippen molar-refractivity contribution in [2.24, 2.45) is 0 Å². The van der Waals surface area contributed by atoms with Crippen LogP contribution in [-0.4, -0.2) is 29.5 Å². The molecule has 7 nitrogen and oxygen atoms in total. The second-order valence-corrected chi connectivity index (χ2v) is 10.2. The minimum atomic E-state index is -1.35. The van der Waals surface area contributed by atoms with E-state index in [1.165, 1.54) is 22.8 Å². The number of hydrogen-bond donors (Lipinski definition) is 2. The zero-order valence-corrected chi connectivity index (χ0v) is 20.4. The molecule has 0 amide bonds. The fraction of sp³-hybridized carbons (Fsp3) is 0.107. The molecule has 182 valence electrons. The van der Waals surface area contributed by atoms with Crippen molar-refractivity contribution < 1.29 is 9.18 Å². The number of imidazole rings is 1. The fourth-order valence-corrected chi connectivity index (χ4v) is 5.53. The predicted molar refractivity (Wildman–Crippen MR) is 143 cm³/mol. The van der Waals surface area contributed by atoms with Gasteiger partial charge < -0.3 is 10.7 Å². The summed E-state index contributed by atoms with van der Waals surface area (Å²) in [4.78, 5) is 22.3. The number of ketones is 1. The van der Waals surface area contributed by atoms with Crippen molar-refractivity contribution >= 4 is 45.5 Å². The Kier molecular flexibility index (Phi) is 4.77. The number of halogens is 1. The molecule has 3 N–H and O–H groups in total. The number of nitrogens with one attached hydrogen (secondary N) is 1. The smallest absolute Gasteiger partial charge is 0.215 e. The number of hydrogen-bond acceptors (Lipinski definition) is 5. The number of alkyl halides is 1. The first kappa shape index (κ1) is 21.9. The Morgan fingerprint density at radius 1 is 1.03 bits per heavy atom. The van der Waals surface area contributed by atoms with Gasteiger partial charge in [0, 0.05) is 10.3 Å². The van der Waals surface area contributed by atoms with Crippen LogP contribution in [-0.2, 0) is 5.67 Å². The van der Waals surface area contributed by atoms with Gasteiger partial charge in [0.05, 0.1) is 34.0 Å². The minimum absolute atomic E-state index is 0.221. The van der Waals surface area contributed by atoms with E-state index in [4.69, 9.17) is 5.73 Å². The van der Waals surface area contributed by atoms with E-state index in [-0.39, 0.29) is 11.6 Å². The summed E-state index contributed by atoms with van der Waals surface area (Å²) >= 11 is 1.48. The predicted octanol–water partition coefficient (Wildman–Crippen LogP) is 6.03. The van der Waals surface area contributed by atoms with Gasteiger partial charge in [-0.1, -0.05) is 36.4 Å². The minimum Gasteiger partial charge on any atom is -0.383 e. The Morgan fingerprint density at radius 3 is 2.62 bits per heavy atom. The van der Waals surface area contributed by atoms with Gasteiger partial charge in [-0.05, 0) is 67.3 Å². The molecule has 0 unspecified atom stereocenters. The Bertz CT molecular complexity index is 1810. The van der Waals surface area contributed by atoms with Gasteiger partial charge in [-0.2, -0.15) is 5.10 Å². The highest BCUT2D eigenvalue weighted by molar-refractivity contribution is 7.98. The van der Waals surface area contributed by atoms with Crippen molar-refractivity contribution in [3.63, 3.8) is 0 Å². The Balaban J connectivity index is 1.27. The topological polar surface area (TPSA) is 94.5 Å². The molecule has 0 atom stereocenters. The summed E-state index contributed by atoms with van der Waals surface area (Å²) in [5.41, 5.74) is 8.90. The number of para-hydroxylation sites is 1. The summed E-state index contributed by atoms with van der Waals surface area (Å²) in [5.74, 6) is 0.365. The Labute approximate surface area is 215 Å². The van der Waals surface area contributed by atoms with E-state index >= 15 is 0 Å². The first-order chi connectivity index (χ1) is 18.0. The molecule has 1 fully saturated rings. The highest BCUT2D eigenvalue weighted by atomic mass is 32.2. The summed E-state index contributed by atoms with van der Waals surface area (Å²) in [6.45, 7) is 0. The number of rotatable bonds is 6. The van der Waals surface area contributed by atoms with Gasteiger partial charge in [-0.25, -0.2) is 14.1 Å². The molecule has 1 aliphatic carbocycles. The number of aromatic nitrogens is 5. The third-order valence-electron chi connectivity index (χ3n) is 6.71. The van der Waals surface area contributed by atoms with Crippen LogP contribution in [0.5, 0.6) is 0 Å². The number of carbonyl (C=O) groups excluding carboxylic acids is 1. The van der Waals surface area contributed by atoms with Crippen molar-refractivity contribution in [2.45, 2.75) is 23.4 Å². The van der Waals surface area contributed by atoms with Crippen LogP contribution in [0.2, 0.25) is 0 Å². The van der Waals surface area contributed by atoms with E-state index in [2.05, 4.69) is 15.1 Å². The van der Waals surface area contributed by atoms with Gasteiger partial charge in [-0.3, -0.25) is 8.77 Å². The number of nitrogens with zero attached hydrogens (tertiary/aromatic N) is 4. The quantitative estimate of drug-likeness (QED) is 0.268. The molecule has 0 aliphatic heterocycles. The third-order valence-corrected chi connectivity index (χ3v) is 7.77. The monoisotopic (exact) mass is 508 g/mol. The number of aromatic amines is 1. The van der Waals surface area contributed by atoms with Crippen molar-refractivity contribution in [3.05, 3.63) is 102 Å². The maximum absolute atomic E-state index is 14.5. The highest BCUT2D eigenvalue weighted by Crippen LogP contribution is 2.48. The second-order valence-electron chi connectivity index (χ2n) is 9.22. The van der Waals surface area contributed by atoms with E-state index in [0.717, 1.165) is 15.8 Å². The number of H-pyrrole nitrogens is 1. The summed E-state index contributed by atoms with van der Waals surface area (Å²) in [6, 6.07) is 25.1.